The van der Waals surface area contributed by atoms with Crippen LogP contribution in [0.5, 0.6) is 0 Å². The normalized spacial score (nSPS) is 9.25. The highest BCUT2D eigenvalue weighted by molar-refractivity contribution is 5.60. The SMILES string of the molecule is CCOC(=O)OC.COC(=O)OC(C)(C)C.COC(=O)OC(C)C. The molecule has 0 radical (unpaired) electrons. The van der Waals surface area contributed by atoms with Crippen LogP contribution in [0.1, 0.15) is 41.5 Å². The summed E-state index contributed by atoms with van der Waals surface area (Å²) in [6.45, 7) is 11.0. The minimum atomic E-state index is -0.637. The van der Waals surface area contributed by atoms with Crippen molar-refractivity contribution in [1.29, 1.82) is 0 Å². The second kappa shape index (κ2) is 15.7. The molecule has 9 nitrogen and oxygen atoms in total. The Bertz CT molecular complexity index is 345. The average Bonchev–Trinajstić information content (AvgIpc) is 2.46. The quantitative estimate of drug-likeness (QED) is 0.543. The topological polar surface area (TPSA) is 107 Å². The van der Waals surface area contributed by atoms with Gasteiger partial charge in [0.2, 0.25) is 0 Å². The molecule has 9 heteroatoms. The zero-order chi connectivity index (χ0) is 19.8. The number of carbonyl (C=O) groups is 3. The van der Waals surface area contributed by atoms with Gasteiger partial charge in [-0.2, -0.15) is 0 Å². The molecule has 144 valence electrons. The van der Waals surface area contributed by atoms with Gasteiger partial charge in [-0.25, -0.2) is 14.4 Å². The van der Waals surface area contributed by atoms with Crippen LogP contribution >= 0.6 is 0 Å². The van der Waals surface area contributed by atoms with Crippen molar-refractivity contribution in [3.63, 3.8) is 0 Å². The van der Waals surface area contributed by atoms with Gasteiger partial charge in [0.1, 0.15) is 5.60 Å². The maximum atomic E-state index is 10.4. The molecule has 0 spiro atoms. The number of hydrogen-bond donors (Lipinski definition) is 0. The van der Waals surface area contributed by atoms with E-state index in [1.54, 1.807) is 41.5 Å². The monoisotopic (exact) mass is 354 g/mol. The number of ether oxygens (including phenoxy) is 6. The molecule has 0 amide bonds. The van der Waals surface area contributed by atoms with Crippen LogP contribution < -0.4 is 0 Å². The lowest BCUT2D eigenvalue weighted by molar-refractivity contribution is 0.00337. The minimum absolute atomic E-state index is 0.0950. The lowest BCUT2D eigenvalue weighted by atomic mass is 10.2. The Morgan fingerprint density at radius 3 is 1.38 bits per heavy atom. The van der Waals surface area contributed by atoms with Crippen LogP contribution in [0.2, 0.25) is 0 Å². The predicted molar refractivity (Wildman–Crippen MR) is 85.9 cm³/mol. The van der Waals surface area contributed by atoms with E-state index < -0.39 is 24.1 Å². The third-order valence-corrected chi connectivity index (χ3v) is 1.48. The van der Waals surface area contributed by atoms with Crippen LogP contribution in [0.25, 0.3) is 0 Å². The van der Waals surface area contributed by atoms with E-state index in [2.05, 4.69) is 23.7 Å². The molecule has 0 saturated heterocycles. The number of carbonyl (C=O) groups excluding carboxylic acids is 3. The van der Waals surface area contributed by atoms with Crippen molar-refractivity contribution in [3.05, 3.63) is 0 Å². The van der Waals surface area contributed by atoms with Gasteiger partial charge in [0.15, 0.2) is 0 Å². The smallest absolute Gasteiger partial charge is 0.438 e. The van der Waals surface area contributed by atoms with Crippen molar-refractivity contribution in [2.75, 3.05) is 27.9 Å². The third kappa shape index (κ3) is 28.0. The van der Waals surface area contributed by atoms with Crippen LogP contribution in [-0.4, -0.2) is 58.1 Å². The minimum Gasteiger partial charge on any atom is -0.438 e. The van der Waals surface area contributed by atoms with Crippen LogP contribution in [0.3, 0.4) is 0 Å². The summed E-state index contributed by atoms with van der Waals surface area (Å²) in [5.74, 6) is 0. The van der Waals surface area contributed by atoms with Crippen molar-refractivity contribution in [2.45, 2.75) is 53.2 Å². The molecular weight excluding hydrogens is 324 g/mol. The number of methoxy groups -OCH3 is 3. The van der Waals surface area contributed by atoms with E-state index in [1.807, 2.05) is 0 Å². The van der Waals surface area contributed by atoms with Crippen molar-refractivity contribution >= 4 is 18.5 Å². The first kappa shape index (κ1) is 26.7. The van der Waals surface area contributed by atoms with E-state index in [-0.39, 0.29) is 6.10 Å². The van der Waals surface area contributed by atoms with Crippen molar-refractivity contribution in [2.24, 2.45) is 0 Å². The molecule has 0 aliphatic rings. The van der Waals surface area contributed by atoms with Crippen molar-refractivity contribution < 1.29 is 42.8 Å². The van der Waals surface area contributed by atoms with Gasteiger partial charge in [0, 0.05) is 0 Å². The molecule has 0 fully saturated rings. The average molecular weight is 354 g/mol. The van der Waals surface area contributed by atoms with Crippen LogP contribution in [0.15, 0.2) is 0 Å². The van der Waals surface area contributed by atoms with Gasteiger partial charge in [0.25, 0.3) is 0 Å². The summed E-state index contributed by atoms with van der Waals surface area (Å²) in [6, 6.07) is 0. The molecule has 0 heterocycles. The molecule has 0 aromatic rings. The fraction of sp³-hybridized carbons (Fsp3) is 0.800. The number of hydrogen-bond acceptors (Lipinski definition) is 9. The van der Waals surface area contributed by atoms with Gasteiger partial charge >= 0.3 is 18.5 Å². The Hall–Kier alpha value is -2.19. The van der Waals surface area contributed by atoms with E-state index >= 15 is 0 Å². The maximum Gasteiger partial charge on any atom is 0.508 e. The first-order valence-corrected chi connectivity index (χ1v) is 7.15. The van der Waals surface area contributed by atoms with Gasteiger partial charge in [-0.1, -0.05) is 0 Å². The van der Waals surface area contributed by atoms with Crippen LogP contribution in [0.4, 0.5) is 14.4 Å². The fourth-order valence-corrected chi connectivity index (χ4v) is 0.709. The van der Waals surface area contributed by atoms with Crippen molar-refractivity contribution in [1.82, 2.24) is 0 Å². The Kier molecular flexibility index (Phi) is 17.5. The first-order valence-electron chi connectivity index (χ1n) is 7.15. The van der Waals surface area contributed by atoms with Gasteiger partial charge in [-0.3, -0.25) is 0 Å². The largest absolute Gasteiger partial charge is 0.508 e. The molecule has 0 aliphatic carbocycles. The summed E-state index contributed by atoms with van der Waals surface area (Å²) >= 11 is 0. The van der Waals surface area contributed by atoms with Crippen LogP contribution in [0, 0.1) is 0 Å². The predicted octanol–water partition coefficient (Wildman–Crippen LogP) is 3.54. The van der Waals surface area contributed by atoms with Gasteiger partial charge in [0.05, 0.1) is 34.0 Å². The lowest BCUT2D eigenvalue weighted by Gasteiger charge is -2.17. The summed E-state index contributed by atoms with van der Waals surface area (Å²) in [5, 5.41) is 0. The molecule has 0 bridgehead atoms. The molecule has 0 rings (SSSR count). The van der Waals surface area contributed by atoms with Gasteiger partial charge < -0.3 is 28.4 Å². The summed E-state index contributed by atoms with van der Waals surface area (Å²) < 4.78 is 26.2. The number of rotatable bonds is 2. The Morgan fingerprint density at radius 1 is 0.833 bits per heavy atom. The second-order valence-corrected chi connectivity index (χ2v) is 5.18. The van der Waals surface area contributed by atoms with Crippen LogP contribution in [-0.2, 0) is 28.4 Å². The van der Waals surface area contributed by atoms with Crippen molar-refractivity contribution in [3.8, 4) is 0 Å². The lowest BCUT2D eigenvalue weighted by Crippen LogP contribution is -2.23. The summed E-state index contributed by atoms with van der Waals surface area (Å²) in [7, 11) is 3.84. The van der Waals surface area contributed by atoms with E-state index in [4.69, 9.17) is 4.74 Å². The Labute approximate surface area is 143 Å². The second-order valence-electron chi connectivity index (χ2n) is 5.18. The van der Waals surface area contributed by atoms with E-state index in [9.17, 15) is 14.4 Å². The molecule has 0 atom stereocenters. The fourth-order valence-electron chi connectivity index (χ4n) is 0.709. The molecule has 0 saturated carbocycles. The molecule has 0 aliphatic heterocycles. The summed E-state index contributed by atoms with van der Waals surface area (Å²) in [5.41, 5.74) is -0.451. The highest BCUT2D eigenvalue weighted by atomic mass is 16.7. The molecule has 0 aromatic carbocycles. The zero-order valence-electron chi connectivity index (χ0n) is 16.0. The van der Waals surface area contributed by atoms with Gasteiger partial charge in [-0.15, -0.1) is 0 Å². The first-order chi connectivity index (χ1) is 10.9. The third-order valence-electron chi connectivity index (χ3n) is 1.48. The zero-order valence-corrected chi connectivity index (χ0v) is 16.0. The Balaban J connectivity index is -0.000000278. The molecular formula is C15H30O9. The molecule has 0 N–H and O–H groups in total. The summed E-state index contributed by atoms with van der Waals surface area (Å²) in [6.07, 6.45) is -1.98. The Morgan fingerprint density at radius 2 is 1.25 bits per heavy atom. The van der Waals surface area contributed by atoms with E-state index in [0.29, 0.717) is 6.61 Å². The highest BCUT2D eigenvalue weighted by Gasteiger charge is 2.15. The molecule has 24 heavy (non-hydrogen) atoms. The van der Waals surface area contributed by atoms with E-state index in [1.165, 1.54) is 21.3 Å². The maximum absolute atomic E-state index is 10.4. The molecule has 0 aromatic heterocycles. The van der Waals surface area contributed by atoms with Gasteiger partial charge in [-0.05, 0) is 41.5 Å². The summed E-state index contributed by atoms with van der Waals surface area (Å²) in [4.78, 5) is 30.5. The highest BCUT2D eigenvalue weighted by Crippen LogP contribution is 2.06. The standard InChI is InChI=1S/C6H12O3.C5H10O3.C4H8O3/c1-6(2,3)9-5(7)8-4;1-4(2)8-5(6)7-3;1-3-7-4(5)6-2/h1-4H3;4H,1-3H3;3H2,1-2H3. The van der Waals surface area contributed by atoms with E-state index in [0.717, 1.165) is 0 Å². The molecule has 0 unspecified atom stereocenters.